The first kappa shape index (κ1) is 18.3. The van der Waals surface area contributed by atoms with E-state index >= 15 is 0 Å². The van der Waals surface area contributed by atoms with E-state index in [0.717, 1.165) is 36.3 Å². The molecule has 0 unspecified atom stereocenters. The molecule has 0 heterocycles. The molecule has 2 rings (SSSR count). The Morgan fingerprint density at radius 3 is 2.46 bits per heavy atom. The van der Waals surface area contributed by atoms with Crippen molar-refractivity contribution in [3.63, 3.8) is 0 Å². The van der Waals surface area contributed by atoms with Crippen molar-refractivity contribution < 1.29 is 9.59 Å². The number of anilines is 2. The smallest absolute Gasteiger partial charge is 0.242 e. The summed E-state index contributed by atoms with van der Waals surface area (Å²) in [5.74, 6) is 0.0505. The lowest BCUT2D eigenvalue weighted by Gasteiger charge is -2.33. The maximum atomic E-state index is 12.6. The second-order valence-corrected chi connectivity index (χ2v) is 6.48. The first-order chi connectivity index (χ1) is 11.5. The summed E-state index contributed by atoms with van der Waals surface area (Å²) in [6, 6.07) is 6.07. The molecule has 0 atom stereocenters. The molecule has 0 radical (unpaired) electrons. The topological polar surface area (TPSA) is 61.4 Å². The van der Waals surface area contributed by atoms with Crippen LogP contribution >= 0.6 is 0 Å². The fraction of sp³-hybridized carbons (Fsp3) is 0.579. The van der Waals surface area contributed by atoms with E-state index < -0.39 is 0 Å². The third kappa shape index (κ3) is 4.73. The molecule has 5 nitrogen and oxygen atoms in total. The summed E-state index contributed by atoms with van der Waals surface area (Å²) in [5, 5.41) is 6.05. The highest BCUT2D eigenvalue weighted by atomic mass is 16.2. The van der Waals surface area contributed by atoms with Crippen molar-refractivity contribution >= 4 is 23.2 Å². The summed E-state index contributed by atoms with van der Waals surface area (Å²) >= 11 is 0. The minimum atomic E-state index is -0.0965. The number of carbonyl (C=O) groups excluding carboxylic acids is 2. The summed E-state index contributed by atoms with van der Waals surface area (Å²) in [6.45, 7) is 6.53. The first-order valence-corrected chi connectivity index (χ1v) is 8.93. The maximum absolute atomic E-state index is 12.6. The molecule has 132 valence electrons. The lowest BCUT2D eigenvalue weighted by molar-refractivity contribution is -0.132. The number of benzene rings is 1. The van der Waals surface area contributed by atoms with E-state index in [1.165, 1.54) is 26.2 Å². The number of likely N-dealkylation sites (N-methyl/N-ethyl adjacent to an activating group) is 1. The summed E-state index contributed by atoms with van der Waals surface area (Å²) in [7, 11) is 0. The number of hydrogen-bond donors (Lipinski definition) is 2. The van der Waals surface area contributed by atoms with Crippen molar-refractivity contribution in [1.29, 1.82) is 0 Å². The summed E-state index contributed by atoms with van der Waals surface area (Å²) in [5.41, 5.74) is 2.61. The quantitative estimate of drug-likeness (QED) is 0.838. The van der Waals surface area contributed by atoms with Crippen LogP contribution in [-0.4, -0.2) is 35.8 Å². The van der Waals surface area contributed by atoms with Crippen LogP contribution in [0.5, 0.6) is 0 Å². The average Bonchev–Trinajstić information content (AvgIpc) is 2.57. The van der Waals surface area contributed by atoms with Crippen LogP contribution in [-0.2, 0) is 9.59 Å². The van der Waals surface area contributed by atoms with Crippen LogP contribution in [0, 0.1) is 6.92 Å². The van der Waals surface area contributed by atoms with Crippen LogP contribution in [0.4, 0.5) is 11.4 Å². The van der Waals surface area contributed by atoms with Crippen molar-refractivity contribution in [1.82, 2.24) is 4.90 Å². The maximum Gasteiger partial charge on any atom is 0.242 e. The third-order valence-corrected chi connectivity index (χ3v) is 4.75. The highest BCUT2D eigenvalue weighted by Gasteiger charge is 2.23. The molecule has 0 spiro atoms. The van der Waals surface area contributed by atoms with E-state index in [1.807, 2.05) is 30.0 Å². The predicted octanol–water partition coefficient (Wildman–Crippen LogP) is 3.55. The van der Waals surface area contributed by atoms with Gasteiger partial charge < -0.3 is 15.5 Å². The summed E-state index contributed by atoms with van der Waals surface area (Å²) in [4.78, 5) is 25.9. The van der Waals surface area contributed by atoms with Crippen LogP contribution in [0.1, 0.15) is 51.5 Å². The molecule has 2 N–H and O–H groups in total. The van der Waals surface area contributed by atoms with Gasteiger partial charge in [-0.25, -0.2) is 0 Å². The van der Waals surface area contributed by atoms with E-state index in [0.29, 0.717) is 6.04 Å². The van der Waals surface area contributed by atoms with Crippen LogP contribution in [0.15, 0.2) is 18.2 Å². The van der Waals surface area contributed by atoms with Gasteiger partial charge in [0.15, 0.2) is 0 Å². The molecular weight excluding hydrogens is 302 g/mol. The second-order valence-electron chi connectivity index (χ2n) is 6.48. The van der Waals surface area contributed by atoms with Crippen LogP contribution in [0.2, 0.25) is 0 Å². The molecule has 2 amide bonds. The molecule has 24 heavy (non-hydrogen) atoms. The van der Waals surface area contributed by atoms with Crippen molar-refractivity contribution in [2.45, 2.75) is 58.9 Å². The van der Waals surface area contributed by atoms with Gasteiger partial charge in [0, 0.05) is 30.9 Å². The molecule has 1 aliphatic carbocycles. The van der Waals surface area contributed by atoms with Gasteiger partial charge in [0.1, 0.15) is 0 Å². The highest BCUT2D eigenvalue weighted by Crippen LogP contribution is 2.24. The van der Waals surface area contributed by atoms with Crippen molar-refractivity contribution in [3.05, 3.63) is 23.8 Å². The monoisotopic (exact) mass is 331 g/mol. The number of rotatable bonds is 6. The number of hydrogen-bond acceptors (Lipinski definition) is 3. The highest BCUT2D eigenvalue weighted by molar-refractivity contribution is 5.91. The average molecular weight is 331 g/mol. The minimum Gasteiger partial charge on any atom is -0.376 e. The number of carbonyl (C=O) groups is 2. The van der Waals surface area contributed by atoms with Gasteiger partial charge in [0.25, 0.3) is 0 Å². The number of nitrogens with one attached hydrogen (secondary N) is 2. The Labute approximate surface area is 144 Å². The third-order valence-electron chi connectivity index (χ3n) is 4.75. The molecule has 1 aromatic rings. The fourth-order valence-corrected chi connectivity index (χ4v) is 3.46. The zero-order valence-corrected chi connectivity index (χ0v) is 15.0. The van der Waals surface area contributed by atoms with Gasteiger partial charge in [0.05, 0.1) is 6.54 Å². The largest absolute Gasteiger partial charge is 0.376 e. The first-order valence-electron chi connectivity index (χ1n) is 8.93. The van der Waals surface area contributed by atoms with E-state index in [1.54, 1.807) is 0 Å². The van der Waals surface area contributed by atoms with E-state index in [9.17, 15) is 9.59 Å². The Kier molecular flexibility index (Phi) is 6.64. The molecule has 0 aromatic heterocycles. The fourth-order valence-electron chi connectivity index (χ4n) is 3.46. The molecule has 0 saturated heterocycles. The van der Waals surface area contributed by atoms with E-state index in [-0.39, 0.29) is 18.4 Å². The predicted molar refractivity (Wildman–Crippen MR) is 98.2 cm³/mol. The Morgan fingerprint density at radius 1 is 1.17 bits per heavy atom. The van der Waals surface area contributed by atoms with Gasteiger partial charge in [-0.2, -0.15) is 0 Å². The van der Waals surface area contributed by atoms with Gasteiger partial charge >= 0.3 is 0 Å². The molecule has 1 fully saturated rings. The standard InChI is InChI=1S/C19H29N3O2/c1-4-22(16-9-6-5-7-10-16)19(24)13-20-17-11-8-12-18(14(17)2)21-15(3)23/h8,11-12,16,20H,4-7,9-10,13H2,1-3H3,(H,21,23). The normalized spacial score (nSPS) is 15.0. The van der Waals surface area contributed by atoms with E-state index in [2.05, 4.69) is 17.6 Å². The van der Waals surface area contributed by atoms with Gasteiger partial charge in [-0.05, 0) is 44.4 Å². The zero-order chi connectivity index (χ0) is 17.5. The molecular formula is C19H29N3O2. The molecule has 5 heteroatoms. The van der Waals surface area contributed by atoms with Gasteiger partial charge in [0.2, 0.25) is 11.8 Å². The Bertz CT molecular complexity index is 580. The van der Waals surface area contributed by atoms with Crippen molar-refractivity contribution in [2.24, 2.45) is 0 Å². The molecule has 1 saturated carbocycles. The Balaban J connectivity index is 1.98. The molecule has 1 aliphatic rings. The van der Waals surface area contributed by atoms with Crippen molar-refractivity contribution in [2.75, 3.05) is 23.7 Å². The lowest BCUT2D eigenvalue weighted by Crippen LogP contribution is -2.44. The summed E-state index contributed by atoms with van der Waals surface area (Å²) in [6.07, 6.45) is 5.97. The molecule has 0 bridgehead atoms. The lowest BCUT2D eigenvalue weighted by atomic mass is 9.94. The summed E-state index contributed by atoms with van der Waals surface area (Å²) < 4.78 is 0. The molecule has 0 aliphatic heterocycles. The van der Waals surface area contributed by atoms with Gasteiger partial charge in [-0.1, -0.05) is 25.3 Å². The number of amides is 2. The van der Waals surface area contributed by atoms with Crippen LogP contribution in [0.25, 0.3) is 0 Å². The Morgan fingerprint density at radius 2 is 1.83 bits per heavy atom. The van der Waals surface area contributed by atoms with Crippen molar-refractivity contribution in [3.8, 4) is 0 Å². The van der Waals surface area contributed by atoms with Gasteiger partial charge in [-0.15, -0.1) is 0 Å². The van der Waals surface area contributed by atoms with Gasteiger partial charge in [-0.3, -0.25) is 9.59 Å². The Hall–Kier alpha value is -2.04. The number of nitrogens with zero attached hydrogens (tertiary/aromatic N) is 1. The molecule has 1 aromatic carbocycles. The van der Waals surface area contributed by atoms with Crippen LogP contribution < -0.4 is 10.6 Å². The second kappa shape index (κ2) is 8.71. The zero-order valence-electron chi connectivity index (χ0n) is 15.0. The van der Waals surface area contributed by atoms with E-state index in [4.69, 9.17) is 0 Å². The van der Waals surface area contributed by atoms with Crippen LogP contribution in [0.3, 0.4) is 0 Å². The minimum absolute atomic E-state index is 0.0965. The SMILES string of the molecule is CCN(C(=O)CNc1cccc(NC(C)=O)c1C)C1CCCCC1.